The van der Waals surface area contributed by atoms with Gasteiger partial charge in [-0.15, -0.1) is 0 Å². The first-order chi connectivity index (χ1) is 11.6. The lowest BCUT2D eigenvalue weighted by Crippen LogP contribution is -2.33. The van der Waals surface area contributed by atoms with Crippen LogP contribution < -0.4 is 0 Å². The fourth-order valence-electron chi connectivity index (χ4n) is 2.48. The standard InChI is InChI=1S/C20H18O4/c1-2-9-16(21)17(14-10-5-3-6-11-14)19(23)20(24)18(22)15-12-7-4-8-13-15/h3-8,10-13,17H,2,9H2,1H3. The zero-order valence-electron chi connectivity index (χ0n) is 13.4. The van der Waals surface area contributed by atoms with Crippen LogP contribution in [0.25, 0.3) is 0 Å². The molecule has 0 heterocycles. The summed E-state index contributed by atoms with van der Waals surface area (Å²) in [6.07, 6.45) is 0.744. The molecule has 1 unspecified atom stereocenters. The van der Waals surface area contributed by atoms with E-state index >= 15 is 0 Å². The van der Waals surface area contributed by atoms with Gasteiger partial charge in [-0.3, -0.25) is 19.2 Å². The molecule has 0 aliphatic carbocycles. The van der Waals surface area contributed by atoms with Gasteiger partial charge in [0.1, 0.15) is 11.7 Å². The zero-order valence-corrected chi connectivity index (χ0v) is 13.4. The number of carbonyl (C=O) groups excluding carboxylic acids is 4. The number of hydrogen-bond donors (Lipinski definition) is 0. The van der Waals surface area contributed by atoms with Crippen molar-refractivity contribution in [3.8, 4) is 0 Å². The topological polar surface area (TPSA) is 68.3 Å². The van der Waals surface area contributed by atoms with Crippen molar-refractivity contribution < 1.29 is 19.2 Å². The van der Waals surface area contributed by atoms with Gasteiger partial charge in [0, 0.05) is 12.0 Å². The van der Waals surface area contributed by atoms with Crippen molar-refractivity contribution in [3.05, 3.63) is 71.8 Å². The molecule has 0 N–H and O–H groups in total. The minimum absolute atomic E-state index is 0.144. The predicted octanol–water partition coefficient (Wildman–Crippen LogP) is 3.16. The molecule has 2 aromatic carbocycles. The maximum Gasteiger partial charge on any atom is 0.270 e. The lowest BCUT2D eigenvalue weighted by molar-refractivity contribution is -0.138. The highest BCUT2D eigenvalue weighted by molar-refractivity contribution is 6.69. The van der Waals surface area contributed by atoms with E-state index in [1.54, 1.807) is 48.5 Å². The first-order valence-electron chi connectivity index (χ1n) is 7.81. The van der Waals surface area contributed by atoms with Crippen LogP contribution in [0.5, 0.6) is 0 Å². The van der Waals surface area contributed by atoms with Crippen molar-refractivity contribution in [3.63, 3.8) is 0 Å². The third-order valence-electron chi connectivity index (χ3n) is 3.68. The van der Waals surface area contributed by atoms with E-state index < -0.39 is 23.3 Å². The molecule has 2 aromatic rings. The summed E-state index contributed by atoms with van der Waals surface area (Å²) in [6, 6.07) is 16.3. The third-order valence-corrected chi connectivity index (χ3v) is 3.68. The van der Waals surface area contributed by atoms with Crippen molar-refractivity contribution in [1.82, 2.24) is 0 Å². The van der Waals surface area contributed by atoms with E-state index in [-0.39, 0.29) is 17.8 Å². The Balaban J connectivity index is 2.32. The summed E-state index contributed by atoms with van der Waals surface area (Å²) in [4.78, 5) is 49.5. The molecule has 24 heavy (non-hydrogen) atoms. The van der Waals surface area contributed by atoms with Gasteiger partial charge in [0.2, 0.25) is 11.6 Å². The van der Waals surface area contributed by atoms with Gasteiger partial charge in [-0.25, -0.2) is 0 Å². The van der Waals surface area contributed by atoms with Gasteiger partial charge in [-0.05, 0) is 12.0 Å². The Hall–Kier alpha value is -2.88. The lowest BCUT2D eigenvalue weighted by Gasteiger charge is -2.14. The summed E-state index contributed by atoms with van der Waals surface area (Å²) < 4.78 is 0. The minimum Gasteiger partial charge on any atom is -0.299 e. The van der Waals surface area contributed by atoms with Crippen LogP contribution >= 0.6 is 0 Å². The molecular weight excluding hydrogens is 304 g/mol. The molecule has 0 saturated carbocycles. The SMILES string of the molecule is CCCC(=O)C(C(=O)C(=O)C(=O)c1ccccc1)c1ccccc1. The molecule has 0 spiro atoms. The average molecular weight is 322 g/mol. The van der Waals surface area contributed by atoms with Gasteiger partial charge in [0.05, 0.1) is 0 Å². The summed E-state index contributed by atoms with van der Waals surface area (Å²) in [5.74, 6) is -4.56. The van der Waals surface area contributed by atoms with Crippen LogP contribution in [0.15, 0.2) is 60.7 Å². The molecule has 0 saturated heterocycles. The Kier molecular flexibility index (Phi) is 5.90. The van der Waals surface area contributed by atoms with E-state index in [1.807, 2.05) is 6.92 Å². The third kappa shape index (κ3) is 3.90. The van der Waals surface area contributed by atoms with Crippen LogP contribution in [0.2, 0.25) is 0 Å². The molecule has 0 amide bonds. The summed E-state index contributed by atoms with van der Waals surface area (Å²) in [5.41, 5.74) is 0.584. The number of benzene rings is 2. The van der Waals surface area contributed by atoms with Crippen molar-refractivity contribution >= 4 is 23.1 Å². The van der Waals surface area contributed by atoms with Crippen LogP contribution in [0.3, 0.4) is 0 Å². The molecule has 4 nitrogen and oxygen atoms in total. The first kappa shape index (κ1) is 17.5. The molecule has 0 aromatic heterocycles. The van der Waals surface area contributed by atoms with Gasteiger partial charge in [-0.1, -0.05) is 67.6 Å². The Bertz CT molecular complexity index is 748. The van der Waals surface area contributed by atoms with Crippen molar-refractivity contribution in [2.24, 2.45) is 0 Å². The van der Waals surface area contributed by atoms with E-state index in [0.717, 1.165) is 0 Å². The van der Waals surface area contributed by atoms with Crippen LogP contribution in [0.4, 0.5) is 0 Å². The predicted molar refractivity (Wildman–Crippen MR) is 89.9 cm³/mol. The number of rotatable bonds is 8. The van der Waals surface area contributed by atoms with Gasteiger partial charge < -0.3 is 0 Å². The molecule has 0 radical (unpaired) electrons. The number of Topliss-reactive ketones (excluding diaryl/α,β-unsaturated/α-hetero) is 4. The van der Waals surface area contributed by atoms with Crippen LogP contribution in [0.1, 0.15) is 41.6 Å². The maximum atomic E-state index is 12.6. The summed E-state index contributed by atoms with van der Waals surface area (Å²) >= 11 is 0. The highest BCUT2D eigenvalue weighted by atomic mass is 16.2. The molecule has 0 aliphatic rings. The van der Waals surface area contributed by atoms with Gasteiger partial charge in [0.15, 0.2) is 0 Å². The normalized spacial score (nSPS) is 11.5. The van der Waals surface area contributed by atoms with Gasteiger partial charge >= 0.3 is 0 Å². The van der Waals surface area contributed by atoms with Crippen molar-refractivity contribution in [2.75, 3.05) is 0 Å². The molecule has 0 fully saturated rings. The highest BCUT2D eigenvalue weighted by Crippen LogP contribution is 2.21. The monoisotopic (exact) mass is 322 g/mol. The van der Waals surface area contributed by atoms with E-state index in [0.29, 0.717) is 12.0 Å². The fourth-order valence-corrected chi connectivity index (χ4v) is 2.48. The summed E-state index contributed by atoms with van der Waals surface area (Å²) in [6.45, 7) is 1.82. The molecule has 0 bridgehead atoms. The smallest absolute Gasteiger partial charge is 0.270 e. The average Bonchev–Trinajstić information content (AvgIpc) is 2.62. The maximum absolute atomic E-state index is 12.6. The Morgan fingerprint density at radius 2 is 1.38 bits per heavy atom. The Labute approximate surface area is 140 Å². The quantitative estimate of drug-likeness (QED) is 0.425. The van der Waals surface area contributed by atoms with Crippen LogP contribution in [-0.2, 0) is 14.4 Å². The fraction of sp³-hybridized carbons (Fsp3) is 0.200. The molecule has 1 atom stereocenters. The highest BCUT2D eigenvalue weighted by Gasteiger charge is 2.35. The first-order valence-corrected chi connectivity index (χ1v) is 7.81. The zero-order chi connectivity index (χ0) is 17.5. The van der Waals surface area contributed by atoms with E-state index in [9.17, 15) is 19.2 Å². The lowest BCUT2D eigenvalue weighted by atomic mass is 9.85. The molecule has 4 heteroatoms. The van der Waals surface area contributed by atoms with Crippen LogP contribution in [0, 0.1) is 0 Å². The number of hydrogen-bond acceptors (Lipinski definition) is 4. The molecule has 0 aliphatic heterocycles. The van der Waals surface area contributed by atoms with Crippen molar-refractivity contribution in [1.29, 1.82) is 0 Å². The Morgan fingerprint density at radius 3 is 1.92 bits per heavy atom. The van der Waals surface area contributed by atoms with Gasteiger partial charge in [-0.2, -0.15) is 0 Å². The second-order valence-electron chi connectivity index (χ2n) is 5.45. The molecular formula is C20H18O4. The minimum atomic E-state index is -1.22. The van der Waals surface area contributed by atoms with Gasteiger partial charge in [0.25, 0.3) is 5.78 Å². The van der Waals surface area contributed by atoms with E-state index in [4.69, 9.17) is 0 Å². The summed E-state index contributed by atoms with van der Waals surface area (Å²) in [5, 5.41) is 0. The number of ketones is 4. The van der Waals surface area contributed by atoms with Crippen LogP contribution in [-0.4, -0.2) is 23.1 Å². The number of carbonyl (C=O) groups is 4. The Morgan fingerprint density at radius 1 is 0.833 bits per heavy atom. The second-order valence-corrected chi connectivity index (χ2v) is 5.45. The molecule has 2 rings (SSSR count). The largest absolute Gasteiger partial charge is 0.299 e. The second kappa shape index (κ2) is 8.11. The van der Waals surface area contributed by atoms with E-state index in [2.05, 4.69) is 0 Å². The summed E-state index contributed by atoms with van der Waals surface area (Å²) in [7, 11) is 0. The van der Waals surface area contributed by atoms with E-state index in [1.165, 1.54) is 12.1 Å². The molecule has 122 valence electrons. The van der Waals surface area contributed by atoms with Crippen molar-refractivity contribution in [2.45, 2.75) is 25.7 Å².